The molecule has 2 aromatic carbocycles. The Morgan fingerprint density at radius 3 is 2.47 bits per heavy atom. The number of anilines is 4. The van der Waals surface area contributed by atoms with Crippen LogP contribution in [0.3, 0.4) is 0 Å². The van der Waals surface area contributed by atoms with Gasteiger partial charge in [-0.2, -0.15) is 0 Å². The average molecular weight is 472 g/mol. The van der Waals surface area contributed by atoms with Crippen LogP contribution in [0.15, 0.2) is 72.9 Å². The fourth-order valence-corrected chi connectivity index (χ4v) is 4.99. The smallest absolute Gasteiger partial charge is 0.227 e. The van der Waals surface area contributed by atoms with Gasteiger partial charge in [0, 0.05) is 24.1 Å². The van der Waals surface area contributed by atoms with Crippen LogP contribution in [0.1, 0.15) is 18.4 Å². The summed E-state index contributed by atoms with van der Waals surface area (Å²) >= 11 is 1.68. The second-order valence-electron chi connectivity index (χ2n) is 8.43. The van der Waals surface area contributed by atoms with E-state index in [4.69, 9.17) is 9.72 Å². The van der Waals surface area contributed by atoms with E-state index in [9.17, 15) is 0 Å². The molecule has 0 spiro atoms. The number of benzene rings is 2. The second kappa shape index (κ2) is 10.7. The first-order valence-corrected chi connectivity index (χ1v) is 12.5. The number of hydrogen-bond donors (Lipinski definition) is 2. The predicted molar refractivity (Wildman–Crippen MR) is 141 cm³/mol. The molecule has 6 nitrogen and oxygen atoms in total. The molecule has 7 heteroatoms. The molecule has 2 aromatic heterocycles. The van der Waals surface area contributed by atoms with Gasteiger partial charge in [0.2, 0.25) is 5.95 Å². The van der Waals surface area contributed by atoms with Gasteiger partial charge >= 0.3 is 0 Å². The highest BCUT2D eigenvalue weighted by Gasteiger charge is 2.12. The molecule has 3 heterocycles. The number of para-hydroxylation sites is 1. The molecule has 174 valence electrons. The first-order chi connectivity index (χ1) is 16.7. The molecule has 34 heavy (non-hydrogen) atoms. The zero-order chi connectivity index (χ0) is 23.2. The van der Waals surface area contributed by atoms with Crippen LogP contribution in [0, 0.1) is 6.92 Å². The molecule has 0 radical (unpaired) electrons. The van der Waals surface area contributed by atoms with Crippen molar-refractivity contribution in [3.05, 3.63) is 78.5 Å². The Bertz CT molecular complexity index is 1200. The van der Waals surface area contributed by atoms with Crippen LogP contribution in [0.2, 0.25) is 0 Å². The third-order valence-corrected chi connectivity index (χ3v) is 6.85. The van der Waals surface area contributed by atoms with Gasteiger partial charge in [-0.25, -0.2) is 9.97 Å². The lowest BCUT2D eigenvalue weighted by Gasteiger charge is -2.15. The van der Waals surface area contributed by atoms with Gasteiger partial charge in [0.05, 0.1) is 15.6 Å². The van der Waals surface area contributed by atoms with E-state index in [-0.39, 0.29) is 0 Å². The van der Waals surface area contributed by atoms with Crippen LogP contribution in [0.4, 0.5) is 22.3 Å². The van der Waals surface area contributed by atoms with Gasteiger partial charge in [0.25, 0.3) is 0 Å². The molecule has 0 amide bonds. The molecule has 1 fully saturated rings. The van der Waals surface area contributed by atoms with E-state index < -0.39 is 0 Å². The van der Waals surface area contributed by atoms with Crippen LogP contribution < -0.4 is 15.4 Å². The number of hydrogen-bond acceptors (Lipinski definition) is 7. The maximum atomic E-state index is 5.91. The number of nitrogens with one attached hydrogen (secondary N) is 2. The molecule has 1 saturated heterocycles. The first-order valence-electron chi connectivity index (χ1n) is 11.7. The van der Waals surface area contributed by atoms with Gasteiger partial charge in [0.15, 0.2) is 0 Å². The quantitative estimate of drug-likeness (QED) is 0.291. The van der Waals surface area contributed by atoms with Crippen LogP contribution in [-0.4, -0.2) is 41.1 Å². The maximum absolute atomic E-state index is 5.91. The molecule has 4 aromatic rings. The van der Waals surface area contributed by atoms with Crippen molar-refractivity contribution in [3.63, 3.8) is 0 Å². The summed E-state index contributed by atoms with van der Waals surface area (Å²) < 4.78 is 5.91. The minimum absolute atomic E-state index is 0.578. The summed E-state index contributed by atoms with van der Waals surface area (Å²) in [6.07, 6.45) is 4.48. The van der Waals surface area contributed by atoms with Crippen LogP contribution in [-0.2, 0) is 0 Å². The van der Waals surface area contributed by atoms with Crippen molar-refractivity contribution in [2.75, 3.05) is 36.9 Å². The Morgan fingerprint density at radius 1 is 0.912 bits per heavy atom. The zero-order valence-corrected chi connectivity index (χ0v) is 20.1. The van der Waals surface area contributed by atoms with E-state index in [0.717, 1.165) is 51.4 Å². The van der Waals surface area contributed by atoms with E-state index in [1.165, 1.54) is 25.9 Å². The predicted octanol–water partition coefficient (Wildman–Crippen LogP) is 6.48. The Labute approximate surface area is 204 Å². The zero-order valence-electron chi connectivity index (χ0n) is 19.3. The fraction of sp³-hybridized carbons (Fsp3) is 0.259. The Kier molecular flexibility index (Phi) is 7.02. The van der Waals surface area contributed by atoms with Crippen LogP contribution in [0.5, 0.6) is 5.75 Å². The number of aromatic nitrogens is 2. The molecular weight excluding hydrogens is 442 g/mol. The minimum Gasteiger partial charge on any atom is -0.492 e. The Morgan fingerprint density at radius 2 is 1.68 bits per heavy atom. The summed E-state index contributed by atoms with van der Waals surface area (Å²) in [5.74, 6) is 1.46. The molecule has 0 bridgehead atoms. The molecule has 0 unspecified atom stereocenters. The van der Waals surface area contributed by atoms with E-state index in [1.54, 1.807) is 11.3 Å². The molecule has 0 aliphatic carbocycles. The summed E-state index contributed by atoms with van der Waals surface area (Å²) in [6, 6.07) is 22.3. The van der Waals surface area contributed by atoms with Crippen molar-refractivity contribution in [2.24, 2.45) is 0 Å². The van der Waals surface area contributed by atoms with Crippen molar-refractivity contribution < 1.29 is 4.74 Å². The summed E-state index contributed by atoms with van der Waals surface area (Å²) in [5.41, 5.74) is 3.98. The van der Waals surface area contributed by atoms with Crippen molar-refractivity contribution in [2.45, 2.75) is 19.8 Å². The number of thiophene rings is 1. The van der Waals surface area contributed by atoms with Crippen molar-refractivity contribution in [1.82, 2.24) is 14.9 Å². The lowest BCUT2D eigenvalue weighted by molar-refractivity contribution is 0.238. The van der Waals surface area contributed by atoms with Gasteiger partial charge in [0.1, 0.15) is 12.4 Å². The molecule has 5 rings (SSSR count). The van der Waals surface area contributed by atoms with Gasteiger partial charge in [-0.1, -0.05) is 18.2 Å². The number of likely N-dealkylation sites (tertiary alicyclic amines) is 1. The number of aryl methyl sites for hydroxylation is 1. The SMILES string of the molecule is Cc1cnc(Nc2ccc(OCCN3CCCC3)cc2)nc1-c1ccc(Nc2ccccc2)s1. The number of ether oxygens (including phenoxy) is 1. The van der Waals surface area contributed by atoms with Gasteiger partial charge in [-0.05, 0) is 86.9 Å². The van der Waals surface area contributed by atoms with E-state index in [0.29, 0.717) is 5.95 Å². The first kappa shape index (κ1) is 22.4. The summed E-state index contributed by atoms with van der Waals surface area (Å²) in [6.45, 7) is 6.14. The fourth-order valence-electron chi connectivity index (χ4n) is 4.01. The van der Waals surface area contributed by atoms with E-state index in [2.05, 4.69) is 44.8 Å². The normalized spacial score (nSPS) is 13.7. The van der Waals surface area contributed by atoms with E-state index in [1.807, 2.05) is 55.6 Å². The van der Waals surface area contributed by atoms with Crippen LogP contribution in [0.25, 0.3) is 10.6 Å². The highest BCUT2D eigenvalue weighted by atomic mass is 32.1. The summed E-state index contributed by atoms with van der Waals surface area (Å²) in [4.78, 5) is 12.8. The number of rotatable bonds is 9. The van der Waals surface area contributed by atoms with Crippen molar-refractivity contribution in [1.29, 1.82) is 0 Å². The highest BCUT2D eigenvalue weighted by molar-refractivity contribution is 7.19. The van der Waals surface area contributed by atoms with Gasteiger partial charge < -0.3 is 15.4 Å². The molecule has 2 N–H and O–H groups in total. The average Bonchev–Trinajstić information content (AvgIpc) is 3.55. The largest absolute Gasteiger partial charge is 0.492 e. The molecule has 1 aliphatic rings. The maximum Gasteiger partial charge on any atom is 0.227 e. The van der Waals surface area contributed by atoms with Crippen molar-refractivity contribution >= 4 is 33.7 Å². The Balaban J connectivity index is 1.21. The summed E-state index contributed by atoms with van der Waals surface area (Å²) in [5, 5.41) is 7.85. The monoisotopic (exact) mass is 471 g/mol. The van der Waals surface area contributed by atoms with Crippen molar-refractivity contribution in [3.8, 4) is 16.3 Å². The Hall–Kier alpha value is -3.42. The molecule has 1 aliphatic heterocycles. The van der Waals surface area contributed by atoms with E-state index >= 15 is 0 Å². The lowest BCUT2D eigenvalue weighted by Crippen LogP contribution is -2.25. The highest BCUT2D eigenvalue weighted by Crippen LogP contribution is 2.34. The standard InChI is InChI=1S/C27H29N5OS/c1-20-19-28-27(30-22-9-11-23(12-10-22)33-18-17-32-15-5-6-16-32)31-26(20)24-13-14-25(34-24)29-21-7-3-2-4-8-21/h2-4,7-14,19,29H,5-6,15-18H2,1H3,(H,28,30,31). The van der Waals surface area contributed by atoms with Gasteiger partial charge in [-0.15, -0.1) is 11.3 Å². The second-order valence-corrected chi connectivity index (χ2v) is 9.51. The summed E-state index contributed by atoms with van der Waals surface area (Å²) in [7, 11) is 0. The van der Waals surface area contributed by atoms with Gasteiger partial charge in [-0.3, -0.25) is 4.90 Å². The molecule has 0 atom stereocenters. The third kappa shape index (κ3) is 5.73. The van der Waals surface area contributed by atoms with Crippen LogP contribution >= 0.6 is 11.3 Å². The topological polar surface area (TPSA) is 62.3 Å². The number of nitrogens with zero attached hydrogens (tertiary/aromatic N) is 3. The third-order valence-electron chi connectivity index (χ3n) is 5.84. The lowest BCUT2D eigenvalue weighted by atomic mass is 10.2. The molecular formula is C27H29N5OS. The minimum atomic E-state index is 0.578. The molecule has 0 saturated carbocycles.